The van der Waals surface area contributed by atoms with Crippen molar-refractivity contribution in [1.29, 1.82) is 0 Å². The number of rotatable bonds is 4. The maximum atomic E-state index is 5.85. The molecule has 1 heterocycles. The second-order valence-electron chi connectivity index (χ2n) is 3.81. The zero-order valence-corrected chi connectivity index (χ0v) is 8.95. The predicted molar refractivity (Wildman–Crippen MR) is 56.8 cm³/mol. The Morgan fingerprint density at radius 3 is 2.85 bits per heavy atom. The van der Waals surface area contributed by atoms with E-state index < -0.39 is 0 Å². The zero-order chi connectivity index (χ0) is 9.84. The maximum Gasteiger partial charge on any atom is 0.191 e. The monoisotopic (exact) mass is 183 g/mol. The van der Waals surface area contributed by atoms with Gasteiger partial charge in [0.25, 0.3) is 0 Å². The Labute approximate surface area is 81.0 Å². The van der Waals surface area contributed by atoms with Crippen molar-refractivity contribution in [1.82, 2.24) is 4.90 Å². The summed E-state index contributed by atoms with van der Waals surface area (Å²) in [5.74, 6) is 0.743. The largest absolute Gasteiger partial charge is 0.370 e. The van der Waals surface area contributed by atoms with Crippen molar-refractivity contribution in [2.24, 2.45) is 10.7 Å². The Morgan fingerprint density at radius 1 is 1.62 bits per heavy atom. The highest BCUT2D eigenvalue weighted by Gasteiger charge is 2.28. The minimum absolute atomic E-state index is 0.530. The van der Waals surface area contributed by atoms with Crippen LogP contribution in [-0.2, 0) is 0 Å². The fourth-order valence-electron chi connectivity index (χ4n) is 1.90. The molecule has 0 fully saturated rings. The van der Waals surface area contributed by atoms with Gasteiger partial charge in [-0.2, -0.15) is 0 Å². The van der Waals surface area contributed by atoms with Gasteiger partial charge in [0.05, 0.1) is 12.6 Å². The van der Waals surface area contributed by atoms with Crippen LogP contribution in [0.4, 0.5) is 0 Å². The first-order chi connectivity index (χ1) is 6.20. The van der Waals surface area contributed by atoms with E-state index in [4.69, 9.17) is 5.73 Å². The van der Waals surface area contributed by atoms with E-state index in [-0.39, 0.29) is 0 Å². The van der Waals surface area contributed by atoms with E-state index in [2.05, 4.69) is 30.7 Å². The summed E-state index contributed by atoms with van der Waals surface area (Å²) in [6, 6.07) is 1.09. The Bertz CT molecular complexity index is 189. The summed E-state index contributed by atoms with van der Waals surface area (Å²) < 4.78 is 0. The molecule has 0 aromatic carbocycles. The fourth-order valence-corrected chi connectivity index (χ4v) is 1.90. The molecule has 0 spiro atoms. The van der Waals surface area contributed by atoms with Gasteiger partial charge >= 0.3 is 0 Å². The molecule has 2 atom stereocenters. The first kappa shape index (κ1) is 10.4. The van der Waals surface area contributed by atoms with Crippen LogP contribution in [0.3, 0.4) is 0 Å². The zero-order valence-electron chi connectivity index (χ0n) is 8.95. The third kappa shape index (κ3) is 2.14. The molecule has 0 bridgehead atoms. The van der Waals surface area contributed by atoms with Crippen LogP contribution in [0.2, 0.25) is 0 Å². The van der Waals surface area contributed by atoms with Gasteiger partial charge < -0.3 is 10.6 Å². The summed E-state index contributed by atoms with van der Waals surface area (Å²) in [6.07, 6.45) is 3.55. The molecule has 1 aliphatic rings. The smallest absolute Gasteiger partial charge is 0.191 e. The molecule has 2 unspecified atom stereocenters. The van der Waals surface area contributed by atoms with E-state index in [0.29, 0.717) is 12.1 Å². The van der Waals surface area contributed by atoms with Crippen LogP contribution in [0.15, 0.2) is 4.99 Å². The Balaban J connectivity index is 2.59. The van der Waals surface area contributed by atoms with Gasteiger partial charge in [0, 0.05) is 6.04 Å². The average Bonchev–Trinajstić information content (AvgIpc) is 2.47. The summed E-state index contributed by atoms with van der Waals surface area (Å²) in [6.45, 7) is 7.52. The maximum absolute atomic E-state index is 5.85. The molecule has 1 rings (SSSR count). The quantitative estimate of drug-likeness (QED) is 0.719. The summed E-state index contributed by atoms with van der Waals surface area (Å²) in [5, 5.41) is 0. The van der Waals surface area contributed by atoms with Crippen LogP contribution in [0.5, 0.6) is 0 Å². The standard InChI is InChI=1S/C10H21N3/c1-4-6-9-7-12-10(11)13(9)8(3)5-2/h8-9H,4-7H2,1-3H3,(H2,11,12). The van der Waals surface area contributed by atoms with Gasteiger partial charge in [-0.1, -0.05) is 20.3 Å². The normalized spacial score (nSPS) is 24.7. The molecule has 3 nitrogen and oxygen atoms in total. The van der Waals surface area contributed by atoms with Crippen LogP contribution in [-0.4, -0.2) is 29.5 Å². The number of hydrogen-bond acceptors (Lipinski definition) is 3. The highest BCUT2D eigenvalue weighted by molar-refractivity contribution is 5.80. The number of nitrogens with two attached hydrogens (primary N) is 1. The molecular formula is C10H21N3. The number of aliphatic imine (C=N–C) groups is 1. The molecule has 3 heteroatoms. The second kappa shape index (κ2) is 4.49. The van der Waals surface area contributed by atoms with Gasteiger partial charge in [0.1, 0.15) is 0 Å². The molecule has 0 saturated carbocycles. The molecule has 0 aromatic rings. The van der Waals surface area contributed by atoms with E-state index in [1.54, 1.807) is 0 Å². The van der Waals surface area contributed by atoms with E-state index in [1.807, 2.05) is 0 Å². The van der Waals surface area contributed by atoms with Gasteiger partial charge in [-0.05, 0) is 19.8 Å². The lowest BCUT2D eigenvalue weighted by molar-refractivity contribution is 0.253. The Hall–Kier alpha value is -0.730. The molecule has 0 saturated heterocycles. The van der Waals surface area contributed by atoms with Gasteiger partial charge in [-0.3, -0.25) is 4.99 Å². The summed E-state index contributed by atoms with van der Waals surface area (Å²) in [5.41, 5.74) is 5.85. The van der Waals surface area contributed by atoms with Crippen molar-refractivity contribution < 1.29 is 0 Å². The van der Waals surface area contributed by atoms with E-state index in [1.165, 1.54) is 12.8 Å². The van der Waals surface area contributed by atoms with Crippen molar-refractivity contribution in [3.63, 3.8) is 0 Å². The summed E-state index contributed by atoms with van der Waals surface area (Å²) in [4.78, 5) is 6.59. The van der Waals surface area contributed by atoms with Crippen LogP contribution >= 0.6 is 0 Å². The third-order valence-electron chi connectivity index (χ3n) is 2.81. The van der Waals surface area contributed by atoms with Gasteiger partial charge in [0.2, 0.25) is 0 Å². The van der Waals surface area contributed by atoms with Crippen molar-refractivity contribution in [3.8, 4) is 0 Å². The van der Waals surface area contributed by atoms with Gasteiger partial charge in [-0.25, -0.2) is 0 Å². The highest BCUT2D eigenvalue weighted by Crippen LogP contribution is 2.18. The summed E-state index contributed by atoms with van der Waals surface area (Å²) >= 11 is 0. The van der Waals surface area contributed by atoms with E-state index in [9.17, 15) is 0 Å². The van der Waals surface area contributed by atoms with Crippen molar-refractivity contribution in [3.05, 3.63) is 0 Å². The first-order valence-electron chi connectivity index (χ1n) is 5.28. The Morgan fingerprint density at radius 2 is 2.31 bits per heavy atom. The lowest BCUT2D eigenvalue weighted by Crippen LogP contribution is -2.46. The van der Waals surface area contributed by atoms with Gasteiger partial charge in [0.15, 0.2) is 5.96 Å². The van der Waals surface area contributed by atoms with Crippen LogP contribution < -0.4 is 5.73 Å². The molecule has 0 amide bonds. The van der Waals surface area contributed by atoms with Crippen LogP contribution in [0, 0.1) is 0 Å². The Kier molecular flexibility index (Phi) is 3.58. The molecule has 76 valence electrons. The van der Waals surface area contributed by atoms with E-state index >= 15 is 0 Å². The topological polar surface area (TPSA) is 41.6 Å². The second-order valence-corrected chi connectivity index (χ2v) is 3.81. The minimum atomic E-state index is 0.530. The molecule has 13 heavy (non-hydrogen) atoms. The average molecular weight is 183 g/mol. The summed E-state index contributed by atoms with van der Waals surface area (Å²) in [7, 11) is 0. The van der Waals surface area contributed by atoms with Crippen LogP contribution in [0.1, 0.15) is 40.0 Å². The highest BCUT2D eigenvalue weighted by atomic mass is 15.3. The molecule has 1 aliphatic heterocycles. The molecule has 0 aliphatic carbocycles. The minimum Gasteiger partial charge on any atom is -0.370 e. The predicted octanol–water partition coefficient (Wildman–Crippen LogP) is 1.58. The third-order valence-corrected chi connectivity index (χ3v) is 2.81. The molecule has 2 N–H and O–H groups in total. The van der Waals surface area contributed by atoms with Crippen molar-refractivity contribution in [2.45, 2.75) is 52.1 Å². The SMILES string of the molecule is CCCC1CN=C(N)N1C(C)CC. The molecule has 0 radical (unpaired) electrons. The first-order valence-corrected chi connectivity index (χ1v) is 5.28. The number of hydrogen-bond donors (Lipinski definition) is 1. The van der Waals surface area contributed by atoms with E-state index in [0.717, 1.165) is 18.9 Å². The van der Waals surface area contributed by atoms with Crippen molar-refractivity contribution >= 4 is 5.96 Å². The molecular weight excluding hydrogens is 162 g/mol. The fraction of sp³-hybridized carbons (Fsp3) is 0.900. The lowest BCUT2D eigenvalue weighted by atomic mass is 10.1. The van der Waals surface area contributed by atoms with Gasteiger partial charge in [-0.15, -0.1) is 0 Å². The van der Waals surface area contributed by atoms with Crippen LogP contribution in [0.25, 0.3) is 0 Å². The number of nitrogens with zero attached hydrogens (tertiary/aromatic N) is 2. The molecule has 0 aromatic heterocycles. The number of guanidine groups is 1. The lowest BCUT2D eigenvalue weighted by Gasteiger charge is -2.31. The van der Waals surface area contributed by atoms with Crippen molar-refractivity contribution in [2.75, 3.05) is 6.54 Å².